The standard InChI is InChI=1S/C15H28N4O.HI/c1-5-12(6-2)10-17-15(16-8-4)18-11-14-9-13(7-3)19-20-14;/h9,12H,5-8,10-11H2,1-4H3,(H2,16,17,18);1H. The van der Waals surface area contributed by atoms with Crippen LogP contribution in [-0.4, -0.2) is 24.2 Å². The van der Waals surface area contributed by atoms with E-state index in [-0.39, 0.29) is 24.0 Å². The van der Waals surface area contributed by atoms with Crippen molar-refractivity contribution in [3.05, 3.63) is 17.5 Å². The maximum absolute atomic E-state index is 5.24. The van der Waals surface area contributed by atoms with Crippen molar-refractivity contribution in [1.29, 1.82) is 0 Å². The summed E-state index contributed by atoms with van der Waals surface area (Å²) in [6.07, 6.45) is 3.26. The summed E-state index contributed by atoms with van der Waals surface area (Å²) >= 11 is 0. The second-order valence-corrected chi connectivity index (χ2v) is 4.90. The third-order valence-electron chi connectivity index (χ3n) is 3.42. The molecule has 1 aromatic heterocycles. The zero-order valence-corrected chi connectivity index (χ0v) is 15.9. The van der Waals surface area contributed by atoms with Gasteiger partial charge in [0.1, 0.15) is 6.54 Å². The van der Waals surface area contributed by atoms with Crippen LogP contribution in [0.4, 0.5) is 0 Å². The lowest BCUT2D eigenvalue weighted by Crippen LogP contribution is -2.39. The second-order valence-electron chi connectivity index (χ2n) is 4.90. The molecule has 0 aliphatic rings. The van der Waals surface area contributed by atoms with Gasteiger partial charge in [-0.05, 0) is 19.3 Å². The van der Waals surface area contributed by atoms with Gasteiger partial charge in [0, 0.05) is 19.2 Å². The number of guanidine groups is 1. The average Bonchev–Trinajstić information content (AvgIpc) is 2.93. The van der Waals surface area contributed by atoms with E-state index >= 15 is 0 Å². The molecule has 0 unspecified atom stereocenters. The molecule has 0 saturated heterocycles. The molecule has 0 atom stereocenters. The molecule has 0 amide bonds. The Balaban J connectivity index is 0.00000400. The van der Waals surface area contributed by atoms with Crippen molar-refractivity contribution < 1.29 is 4.52 Å². The summed E-state index contributed by atoms with van der Waals surface area (Å²) < 4.78 is 5.24. The van der Waals surface area contributed by atoms with E-state index in [4.69, 9.17) is 4.52 Å². The molecule has 0 fully saturated rings. The molecule has 21 heavy (non-hydrogen) atoms. The summed E-state index contributed by atoms with van der Waals surface area (Å²) in [6.45, 7) is 10.9. The lowest BCUT2D eigenvalue weighted by atomic mass is 10.0. The fraction of sp³-hybridized carbons (Fsp3) is 0.733. The minimum Gasteiger partial charge on any atom is -0.359 e. The molecular weight excluding hydrogens is 379 g/mol. The van der Waals surface area contributed by atoms with Crippen LogP contribution in [0.2, 0.25) is 0 Å². The van der Waals surface area contributed by atoms with Gasteiger partial charge >= 0.3 is 0 Å². The quantitative estimate of drug-likeness (QED) is 0.394. The maximum Gasteiger partial charge on any atom is 0.191 e. The highest BCUT2D eigenvalue weighted by Crippen LogP contribution is 2.06. The third kappa shape index (κ3) is 7.68. The molecule has 0 radical (unpaired) electrons. The van der Waals surface area contributed by atoms with Crippen LogP contribution in [0.5, 0.6) is 0 Å². The zero-order valence-electron chi connectivity index (χ0n) is 13.6. The van der Waals surface area contributed by atoms with Crippen molar-refractivity contribution in [3.63, 3.8) is 0 Å². The zero-order chi connectivity index (χ0) is 14.8. The molecule has 0 aliphatic carbocycles. The lowest BCUT2D eigenvalue weighted by molar-refractivity contribution is 0.379. The Morgan fingerprint density at radius 3 is 2.48 bits per heavy atom. The molecule has 122 valence electrons. The molecule has 0 bridgehead atoms. The van der Waals surface area contributed by atoms with E-state index in [1.54, 1.807) is 0 Å². The number of halogens is 1. The summed E-state index contributed by atoms with van der Waals surface area (Å²) in [4.78, 5) is 4.53. The van der Waals surface area contributed by atoms with Crippen LogP contribution in [0.25, 0.3) is 0 Å². The molecule has 1 heterocycles. The molecule has 0 spiro atoms. The predicted molar refractivity (Wildman–Crippen MR) is 98.2 cm³/mol. The number of hydrogen-bond acceptors (Lipinski definition) is 3. The van der Waals surface area contributed by atoms with Crippen LogP contribution in [0, 0.1) is 5.92 Å². The SMILES string of the molecule is CCNC(=NCc1cc(CC)no1)NCC(CC)CC.I. The Bertz CT molecular complexity index is 402. The van der Waals surface area contributed by atoms with Crippen molar-refractivity contribution >= 4 is 29.9 Å². The maximum atomic E-state index is 5.24. The molecule has 2 N–H and O–H groups in total. The monoisotopic (exact) mass is 408 g/mol. The lowest BCUT2D eigenvalue weighted by Gasteiger charge is -2.16. The van der Waals surface area contributed by atoms with Crippen molar-refractivity contribution in [2.24, 2.45) is 10.9 Å². The van der Waals surface area contributed by atoms with E-state index in [1.165, 1.54) is 12.8 Å². The van der Waals surface area contributed by atoms with Gasteiger partial charge in [0.15, 0.2) is 11.7 Å². The Hall–Kier alpha value is -0.790. The Morgan fingerprint density at radius 1 is 1.24 bits per heavy atom. The highest BCUT2D eigenvalue weighted by molar-refractivity contribution is 14.0. The van der Waals surface area contributed by atoms with Crippen molar-refractivity contribution in [1.82, 2.24) is 15.8 Å². The molecule has 1 aromatic rings. The largest absolute Gasteiger partial charge is 0.359 e. The number of aryl methyl sites for hydroxylation is 1. The molecular formula is C15H29IN4O. The number of aromatic nitrogens is 1. The van der Waals surface area contributed by atoms with Gasteiger partial charge in [-0.15, -0.1) is 24.0 Å². The first-order valence-electron chi connectivity index (χ1n) is 7.69. The van der Waals surface area contributed by atoms with Gasteiger partial charge in [-0.3, -0.25) is 0 Å². The molecule has 5 nitrogen and oxygen atoms in total. The minimum absolute atomic E-state index is 0. The Kier molecular flexibility index (Phi) is 11.4. The summed E-state index contributed by atoms with van der Waals surface area (Å²) in [5.41, 5.74) is 0.977. The van der Waals surface area contributed by atoms with E-state index in [0.29, 0.717) is 12.5 Å². The second kappa shape index (κ2) is 11.8. The predicted octanol–water partition coefficient (Wildman–Crippen LogP) is 3.35. The van der Waals surface area contributed by atoms with E-state index in [2.05, 4.69) is 48.5 Å². The fourth-order valence-corrected chi connectivity index (χ4v) is 1.91. The normalized spacial score (nSPS) is 11.4. The number of rotatable bonds is 8. The van der Waals surface area contributed by atoms with Crippen molar-refractivity contribution in [2.75, 3.05) is 13.1 Å². The van der Waals surface area contributed by atoms with Crippen molar-refractivity contribution in [3.8, 4) is 0 Å². The first-order valence-corrected chi connectivity index (χ1v) is 7.69. The number of nitrogens with one attached hydrogen (secondary N) is 2. The van der Waals surface area contributed by atoms with Gasteiger partial charge in [0.25, 0.3) is 0 Å². The van der Waals surface area contributed by atoms with Gasteiger partial charge < -0.3 is 15.2 Å². The Labute approximate surface area is 145 Å². The van der Waals surface area contributed by atoms with Crippen LogP contribution < -0.4 is 10.6 Å². The van der Waals surface area contributed by atoms with Crippen LogP contribution in [0.3, 0.4) is 0 Å². The van der Waals surface area contributed by atoms with E-state index in [9.17, 15) is 0 Å². The van der Waals surface area contributed by atoms with Crippen LogP contribution in [0.1, 0.15) is 52.0 Å². The average molecular weight is 408 g/mol. The molecule has 0 aliphatic heterocycles. The van der Waals surface area contributed by atoms with Crippen molar-refractivity contribution in [2.45, 2.75) is 53.5 Å². The van der Waals surface area contributed by atoms with Crippen LogP contribution >= 0.6 is 24.0 Å². The molecule has 0 saturated carbocycles. The Morgan fingerprint density at radius 2 is 1.95 bits per heavy atom. The fourth-order valence-electron chi connectivity index (χ4n) is 1.91. The number of aliphatic imine (C=N–C) groups is 1. The van der Waals surface area contributed by atoms with E-state index in [1.807, 2.05) is 6.07 Å². The topological polar surface area (TPSA) is 62.5 Å². The van der Waals surface area contributed by atoms with Gasteiger partial charge in [-0.1, -0.05) is 38.8 Å². The summed E-state index contributed by atoms with van der Waals surface area (Å²) in [5.74, 6) is 2.34. The highest BCUT2D eigenvalue weighted by atomic mass is 127. The van der Waals surface area contributed by atoms with Gasteiger partial charge in [0.05, 0.1) is 5.69 Å². The minimum atomic E-state index is 0. The van der Waals surface area contributed by atoms with Crippen LogP contribution in [0.15, 0.2) is 15.6 Å². The number of nitrogens with zero attached hydrogens (tertiary/aromatic N) is 2. The summed E-state index contributed by atoms with van der Waals surface area (Å²) in [5, 5.41) is 10.6. The number of hydrogen-bond donors (Lipinski definition) is 2. The first kappa shape index (κ1) is 20.2. The first-order chi connectivity index (χ1) is 9.73. The van der Waals surface area contributed by atoms with Crippen LogP contribution in [-0.2, 0) is 13.0 Å². The summed E-state index contributed by atoms with van der Waals surface area (Å²) in [6, 6.07) is 1.97. The highest BCUT2D eigenvalue weighted by Gasteiger charge is 2.06. The third-order valence-corrected chi connectivity index (χ3v) is 3.42. The van der Waals surface area contributed by atoms with Gasteiger partial charge in [-0.2, -0.15) is 0 Å². The van der Waals surface area contributed by atoms with E-state index < -0.39 is 0 Å². The molecule has 0 aromatic carbocycles. The molecule has 6 heteroatoms. The summed E-state index contributed by atoms with van der Waals surface area (Å²) in [7, 11) is 0. The van der Waals surface area contributed by atoms with E-state index in [0.717, 1.165) is 36.9 Å². The smallest absolute Gasteiger partial charge is 0.191 e. The van der Waals surface area contributed by atoms with Gasteiger partial charge in [-0.25, -0.2) is 4.99 Å². The van der Waals surface area contributed by atoms with Gasteiger partial charge in [0.2, 0.25) is 0 Å². The molecule has 1 rings (SSSR count).